The van der Waals surface area contributed by atoms with E-state index >= 15 is 0 Å². The molecule has 0 spiro atoms. The molecule has 0 unspecified atom stereocenters. The largest absolute Gasteiger partial charge is 0.460 e. The minimum absolute atomic E-state index is 0.00395. The van der Waals surface area contributed by atoms with E-state index in [1.807, 2.05) is 0 Å². The van der Waals surface area contributed by atoms with Gasteiger partial charge >= 0.3 is 47.8 Å². The minimum atomic E-state index is -0.879. The molecular weight excluding hydrogens is 985 g/mol. The lowest BCUT2D eigenvalue weighted by Gasteiger charge is -2.33. The molecule has 0 aromatic heterocycles. The molecule has 24 nitrogen and oxygen atoms in total. The number of carbonyl (C=O) groups excluding carboxylic acids is 8. The molecule has 0 aliphatic rings. The second kappa shape index (κ2) is 47.4. The first-order valence-corrected chi connectivity index (χ1v) is 22.6. The van der Waals surface area contributed by atoms with Crippen LogP contribution in [0.25, 0.3) is 0 Å². The predicted molar refractivity (Wildman–Crippen MR) is 261 cm³/mol. The Morgan fingerprint density at radius 3 is 0.419 bits per heavy atom. The van der Waals surface area contributed by atoms with Crippen LogP contribution in [0.15, 0.2) is 101 Å². The summed E-state index contributed by atoms with van der Waals surface area (Å²) in [4.78, 5) is 89.7. The molecule has 0 saturated heterocycles. The summed E-state index contributed by atoms with van der Waals surface area (Å²) in [5.74, 6) is -4.65. The normalized spacial score (nSPS) is 10.6. The lowest BCUT2D eigenvalue weighted by Crippen LogP contribution is -2.43. The molecule has 0 aromatic carbocycles. The number of rotatable bonds is 48. The summed E-state index contributed by atoms with van der Waals surface area (Å²) >= 11 is 0. The van der Waals surface area contributed by atoms with Crippen molar-refractivity contribution in [3.63, 3.8) is 0 Å². The summed E-state index contributed by atoms with van der Waals surface area (Å²) in [6.45, 7) is 27.6. The summed E-state index contributed by atoms with van der Waals surface area (Å²) in [5, 5.41) is 0. The summed E-state index contributed by atoms with van der Waals surface area (Å²) in [6, 6.07) is 0. The van der Waals surface area contributed by atoms with E-state index in [0.29, 0.717) is 0 Å². The van der Waals surface area contributed by atoms with Gasteiger partial charge in [-0.2, -0.15) is 0 Å². The highest BCUT2D eigenvalue weighted by molar-refractivity contribution is 5.83. The van der Waals surface area contributed by atoms with E-state index < -0.39 is 58.6 Å². The number of ether oxygens (including phenoxy) is 16. The molecule has 0 rings (SSSR count). The maximum absolute atomic E-state index is 11.2. The fourth-order valence-corrected chi connectivity index (χ4v) is 4.89. The Bertz CT molecular complexity index is 1360. The number of hydrogen-bond donors (Lipinski definition) is 0. The first kappa shape index (κ1) is 69.4. The van der Waals surface area contributed by atoms with Crippen molar-refractivity contribution in [3.05, 3.63) is 101 Å². The van der Waals surface area contributed by atoms with Gasteiger partial charge in [-0.3, -0.25) is 0 Å². The van der Waals surface area contributed by atoms with Gasteiger partial charge in [-0.25, -0.2) is 38.4 Å². The maximum atomic E-state index is 11.2. The van der Waals surface area contributed by atoms with Gasteiger partial charge in [-0.15, -0.1) is 0 Å². The fourth-order valence-electron chi connectivity index (χ4n) is 4.89. The first-order chi connectivity index (χ1) is 35.6. The van der Waals surface area contributed by atoms with Crippen molar-refractivity contribution in [1.82, 2.24) is 0 Å². The van der Waals surface area contributed by atoms with Gasteiger partial charge in [0.05, 0.1) is 117 Å². The van der Waals surface area contributed by atoms with Gasteiger partial charge in [-0.05, 0) is 0 Å². The molecule has 0 aliphatic carbocycles. The van der Waals surface area contributed by atoms with E-state index in [0.717, 1.165) is 48.6 Å². The Morgan fingerprint density at radius 1 is 0.216 bits per heavy atom. The van der Waals surface area contributed by atoms with Crippen molar-refractivity contribution in [1.29, 1.82) is 0 Å². The van der Waals surface area contributed by atoms with Crippen LogP contribution >= 0.6 is 0 Å². The maximum Gasteiger partial charge on any atom is 0.330 e. The van der Waals surface area contributed by atoms with Gasteiger partial charge in [0.2, 0.25) is 0 Å². The lowest BCUT2D eigenvalue weighted by molar-refractivity contribution is -0.148. The van der Waals surface area contributed by atoms with Crippen LogP contribution in [0.3, 0.4) is 0 Å². The molecule has 0 atom stereocenters. The second-order valence-electron chi connectivity index (χ2n) is 14.4. The summed E-state index contributed by atoms with van der Waals surface area (Å²) in [6.07, 6.45) is 8.31. The molecule has 0 N–H and O–H groups in total. The van der Waals surface area contributed by atoms with E-state index in [4.69, 9.17) is 75.8 Å². The molecule has 0 radical (unpaired) electrons. The zero-order chi connectivity index (χ0) is 55.6. The van der Waals surface area contributed by atoms with Gasteiger partial charge in [-0.1, -0.05) is 52.6 Å². The van der Waals surface area contributed by atoms with Crippen molar-refractivity contribution < 1.29 is 114 Å². The van der Waals surface area contributed by atoms with Crippen LogP contribution < -0.4 is 0 Å². The second-order valence-corrected chi connectivity index (χ2v) is 14.4. The number of esters is 8. The van der Waals surface area contributed by atoms with E-state index in [1.165, 1.54) is 0 Å². The molecular formula is C50H72O24. The highest BCUT2D eigenvalue weighted by Gasteiger charge is 2.34. The van der Waals surface area contributed by atoms with Crippen LogP contribution in [0, 0.1) is 10.8 Å². The molecule has 416 valence electrons. The molecule has 0 amide bonds. The monoisotopic (exact) mass is 1060 g/mol. The molecule has 74 heavy (non-hydrogen) atoms. The molecule has 0 bridgehead atoms. The van der Waals surface area contributed by atoms with Gasteiger partial charge < -0.3 is 75.8 Å². The van der Waals surface area contributed by atoms with Crippen molar-refractivity contribution in [2.45, 2.75) is 0 Å². The molecule has 0 fully saturated rings. The summed E-state index contributed by atoms with van der Waals surface area (Å²) in [7, 11) is 0. The highest BCUT2D eigenvalue weighted by Crippen LogP contribution is 2.22. The van der Waals surface area contributed by atoms with Crippen molar-refractivity contribution >= 4 is 47.8 Å². The van der Waals surface area contributed by atoms with Crippen molar-refractivity contribution in [2.24, 2.45) is 10.8 Å². The topological polar surface area (TPSA) is 284 Å². The average Bonchev–Trinajstić information content (AvgIpc) is 3.41. The summed E-state index contributed by atoms with van der Waals surface area (Å²) in [5.41, 5.74) is -1.76. The third-order valence-corrected chi connectivity index (χ3v) is 8.38. The molecule has 0 aromatic rings. The quantitative estimate of drug-likeness (QED) is 0.0364. The Morgan fingerprint density at radius 2 is 0.324 bits per heavy atom. The Balaban J connectivity index is 0. The van der Waals surface area contributed by atoms with E-state index in [9.17, 15) is 38.4 Å². The van der Waals surface area contributed by atoms with Gasteiger partial charge in [0.25, 0.3) is 0 Å². The molecule has 24 heteroatoms. The molecule has 0 heterocycles. The molecule has 0 aliphatic heterocycles. The van der Waals surface area contributed by atoms with Crippen LogP contribution in [0.5, 0.6) is 0 Å². The van der Waals surface area contributed by atoms with Gasteiger partial charge in [0.15, 0.2) is 0 Å². The van der Waals surface area contributed by atoms with Crippen LogP contribution in [0.2, 0.25) is 0 Å². The zero-order valence-corrected chi connectivity index (χ0v) is 42.0. The van der Waals surface area contributed by atoms with Crippen LogP contribution in [-0.4, -0.2) is 206 Å². The van der Waals surface area contributed by atoms with E-state index in [2.05, 4.69) is 52.6 Å². The highest BCUT2D eigenvalue weighted by atomic mass is 16.6. The van der Waals surface area contributed by atoms with Crippen LogP contribution in [-0.2, 0) is 114 Å². The Kier molecular flexibility index (Phi) is 44.4. The van der Waals surface area contributed by atoms with Crippen LogP contribution in [0.4, 0.5) is 0 Å². The molecule has 0 saturated carbocycles. The first-order valence-electron chi connectivity index (χ1n) is 22.6. The average molecular weight is 1060 g/mol. The van der Waals surface area contributed by atoms with E-state index in [1.54, 1.807) is 0 Å². The zero-order valence-electron chi connectivity index (χ0n) is 42.0. The Hall–Kier alpha value is -6.64. The Labute approximate surface area is 431 Å². The van der Waals surface area contributed by atoms with Gasteiger partial charge in [0, 0.05) is 48.6 Å². The summed E-state index contributed by atoms with van der Waals surface area (Å²) < 4.78 is 84.7. The minimum Gasteiger partial charge on any atom is -0.460 e. The lowest BCUT2D eigenvalue weighted by atomic mass is 9.92. The standard InChI is InChI=1S/2C25H36O12/c2*1-5-21(26)34-13-9-30-17-25(18-31-10-14-35-22(27)6-2,19-32-11-15-36-23(28)7-3)20-33-12-16-37-24(29)8-4/h2*5-8H,1-4,9-20H2. The third kappa shape index (κ3) is 40.9. The van der Waals surface area contributed by atoms with Crippen molar-refractivity contribution in [2.75, 3.05) is 159 Å². The third-order valence-electron chi connectivity index (χ3n) is 8.38. The number of hydrogen-bond acceptors (Lipinski definition) is 24. The van der Waals surface area contributed by atoms with Gasteiger partial charge in [0.1, 0.15) is 52.9 Å². The SMILES string of the molecule is C=CC(=O)OCCOCC(COCCOC(=O)C=C)(COCCOC(=O)C=C)COCCOC(=O)C=C.C=CC(=O)OCCOCC(COCCOC(=O)C=C)(COCCOC(=O)C=C)COCCOC(=O)C=C. The van der Waals surface area contributed by atoms with Crippen molar-refractivity contribution in [3.8, 4) is 0 Å². The fraction of sp³-hybridized carbons (Fsp3) is 0.520. The number of carbonyl (C=O) groups is 8. The predicted octanol–water partition coefficient (Wildman–Crippen LogP) is 1.91. The van der Waals surface area contributed by atoms with Crippen LogP contribution in [0.1, 0.15) is 0 Å². The smallest absolute Gasteiger partial charge is 0.330 e. The van der Waals surface area contributed by atoms with E-state index in [-0.39, 0.29) is 159 Å².